The highest BCUT2D eigenvalue weighted by atomic mass is 19.1. The Morgan fingerprint density at radius 2 is 2.14 bits per heavy atom. The van der Waals surface area contributed by atoms with Crippen LogP contribution in [0.5, 0.6) is 5.75 Å². The summed E-state index contributed by atoms with van der Waals surface area (Å²) in [5.74, 6) is 0.147. The molecule has 1 aromatic heterocycles. The molecule has 0 saturated carbocycles. The van der Waals surface area contributed by atoms with Gasteiger partial charge in [0.15, 0.2) is 0 Å². The van der Waals surface area contributed by atoms with Gasteiger partial charge >= 0.3 is 0 Å². The molecule has 0 radical (unpaired) electrons. The van der Waals surface area contributed by atoms with Crippen LogP contribution in [0, 0.1) is 5.95 Å². The predicted molar refractivity (Wildman–Crippen MR) is 52.9 cm³/mol. The van der Waals surface area contributed by atoms with Crippen LogP contribution in [0.1, 0.15) is 6.92 Å². The van der Waals surface area contributed by atoms with Gasteiger partial charge in [0.1, 0.15) is 11.3 Å². The number of nitrogens with zero attached hydrogens (tertiary/aromatic N) is 1. The second-order valence-electron chi connectivity index (χ2n) is 2.89. The van der Waals surface area contributed by atoms with Crippen LogP contribution < -0.4 is 4.74 Å². The van der Waals surface area contributed by atoms with Gasteiger partial charge in [-0.1, -0.05) is 12.1 Å². The van der Waals surface area contributed by atoms with Gasteiger partial charge in [-0.2, -0.15) is 4.39 Å². The van der Waals surface area contributed by atoms with Crippen LogP contribution in [-0.2, 0) is 0 Å². The fraction of sp³-hybridized carbons (Fsp3) is 0.182. The number of fused-ring (bicyclic) bond motifs is 1. The molecule has 0 aliphatic carbocycles. The summed E-state index contributed by atoms with van der Waals surface area (Å²) in [5, 5.41) is 0.886. The number of benzene rings is 1. The number of para-hydroxylation sites is 1. The molecule has 2 nitrogen and oxygen atoms in total. The van der Waals surface area contributed by atoms with E-state index in [4.69, 9.17) is 4.74 Å². The van der Waals surface area contributed by atoms with Crippen molar-refractivity contribution in [2.24, 2.45) is 0 Å². The fourth-order valence-electron chi connectivity index (χ4n) is 1.37. The van der Waals surface area contributed by atoms with Gasteiger partial charge < -0.3 is 4.74 Å². The number of hydrogen-bond donors (Lipinski definition) is 0. The normalized spacial score (nSPS) is 10.4. The molecule has 0 N–H and O–H groups in total. The van der Waals surface area contributed by atoms with Gasteiger partial charge in [-0.25, -0.2) is 4.98 Å². The number of halogens is 1. The maximum Gasteiger partial charge on any atom is 0.213 e. The van der Waals surface area contributed by atoms with Gasteiger partial charge in [0.2, 0.25) is 5.95 Å². The van der Waals surface area contributed by atoms with Crippen molar-refractivity contribution < 1.29 is 9.13 Å². The molecule has 72 valence electrons. The standard InChI is InChI=1S/C11H10FNO/c1-2-14-9-5-3-4-8-6-7-10(12)13-11(8)9/h3-7H,2H2,1H3. The Hall–Kier alpha value is -1.64. The van der Waals surface area contributed by atoms with Crippen LogP contribution in [0.4, 0.5) is 4.39 Å². The molecule has 0 fully saturated rings. The zero-order chi connectivity index (χ0) is 9.97. The van der Waals surface area contributed by atoms with Crippen molar-refractivity contribution in [1.29, 1.82) is 0 Å². The van der Waals surface area contributed by atoms with Crippen LogP contribution >= 0.6 is 0 Å². The molecule has 0 amide bonds. The second-order valence-corrected chi connectivity index (χ2v) is 2.89. The van der Waals surface area contributed by atoms with E-state index in [1.54, 1.807) is 12.1 Å². The summed E-state index contributed by atoms with van der Waals surface area (Å²) in [6.07, 6.45) is 0. The first-order chi connectivity index (χ1) is 6.81. The zero-order valence-electron chi connectivity index (χ0n) is 7.83. The summed E-state index contributed by atoms with van der Waals surface area (Å²) in [6.45, 7) is 2.44. The van der Waals surface area contributed by atoms with Crippen LogP contribution in [0.25, 0.3) is 10.9 Å². The number of aromatic nitrogens is 1. The summed E-state index contributed by atoms with van der Waals surface area (Å²) in [4.78, 5) is 3.80. The van der Waals surface area contributed by atoms with Crippen molar-refractivity contribution in [3.05, 3.63) is 36.3 Å². The fourth-order valence-corrected chi connectivity index (χ4v) is 1.37. The molecular formula is C11H10FNO. The molecule has 1 aromatic carbocycles. The molecule has 0 aliphatic heterocycles. The van der Waals surface area contributed by atoms with E-state index >= 15 is 0 Å². The number of rotatable bonds is 2. The average molecular weight is 191 g/mol. The van der Waals surface area contributed by atoms with Crippen LogP contribution in [0.2, 0.25) is 0 Å². The Labute approximate surface area is 81.3 Å². The monoisotopic (exact) mass is 191 g/mol. The third-order valence-electron chi connectivity index (χ3n) is 1.95. The highest BCUT2D eigenvalue weighted by Crippen LogP contribution is 2.23. The topological polar surface area (TPSA) is 22.1 Å². The van der Waals surface area contributed by atoms with Gasteiger partial charge in [0.25, 0.3) is 0 Å². The minimum Gasteiger partial charge on any atom is -0.492 e. The average Bonchev–Trinajstić information content (AvgIpc) is 2.19. The molecule has 14 heavy (non-hydrogen) atoms. The van der Waals surface area contributed by atoms with E-state index in [9.17, 15) is 4.39 Å². The second kappa shape index (κ2) is 3.62. The zero-order valence-corrected chi connectivity index (χ0v) is 7.83. The highest BCUT2D eigenvalue weighted by Gasteiger charge is 2.03. The summed E-state index contributed by atoms with van der Waals surface area (Å²) < 4.78 is 18.2. The van der Waals surface area contributed by atoms with E-state index in [0.29, 0.717) is 17.9 Å². The third-order valence-corrected chi connectivity index (χ3v) is 1.95. The van der Waals surface area contributed by atoms with Crippen molar-refractivity contribution in [3.63, 3.8) is 0 Å². The van der Waals surface area contributed by atoms with Gasteiger partial charge in [-0.15, -0.1) is 0 Å². The van der Waals surface area contributed by atoms with Gasteiger partial charge in [0, 0.05) is 5.39 Å². The van der Waals surface area contributed by atoms with E-state index in [0.717, 1.165) is 5.39 Å². The predicted octanol–water partition coefficient (Wildman–Crippen LogP) is 2.77. The van der Waals surface area contributed by atoms with Crippen molar-refractivity contribution in [2.75, 3.05) is 6.61 Å². The minimum atomic E-state index is -0.482. The first-order valence-corrected chi connectivity index (χ1v) is 4.49. The third kappa shape index (κ3) is 1.53. The summed E-state index contributed by atoms with van der Waals surface area (Å²) in [7, 11) is 0. The number of ether oxygens (including phenoxy) is 1. The molecule has 2 aromatic rings. The van der Waals surface area contributed by atoms with Crippen LogP contribution in [0.15, 0.2) is 30.3 Å². The van der Waals surface area contributed by atoms with E-state index in [2.05, 4.69) is 4.98 Å². The molecule has 3 heteroatoms. The molecule has 0 bridgehead atoms. The molecule has 0 atom stereocenters. The number of hydrogen-bond acceptors (Lipinski definition) is 2. The van der Waals surface area contributed by atoms with Crippen molar-refractivity contribution >= 4 is 10.9 Å². The van der Waals surface area contributed by atoms with Gasteiger partial charge in [-0.3, -0.25) is 0 Å². The molecule has 0 saturated heterocycles. The van der Waals surface area contributed by atoms with Crippen molar-refractivity contribution in [2.45, 2.75) is 6.92 Å². The largest absolute Gasteiger partial charge is 0.492 e. The van der Waals surface area contributed by atoms with Crippen molar-refractivity contribution in [3.8, 4) is 5.75 Å². The van der Waals surface area contributed by atoms with E-state index in [1.807, 2.05) is 19.1 Å². The lowest BCUT2D eigenvalue weighted by Gasteiger charge is -2.05. The molecule has 2 rings (SSSR count). The van der Waals surface area contributed by atoms with E-state index in [-0.39, 0.29) is 0 Å². The van der Waals surface area contributed by atoms with Crippen molar-refractivity contribution in [1.82, 2.24) is 4.98 Å². The Morgan fingerprint density at radius 1 is 1.29 bits per heavy atom. The SMILES string of the molecule is CCOc1cccc2ccc(F)nc12. The molecule has 0 spiro atoms. The lowest BCUT2D eigenvalue weighted by atomic mass is 10.2. The van der Waals surface area contributed by atoms with Gasteiger partial charge in [-0.05, 0) is 25.1 Å². The van der Waals surface area contributed by atoms with Crippen LogP contribution in [0.3, 0.4) is 0 Å². The lowest BCUT2D eigenvalue weighted by molar-refractivity contribution is 0.343. The summed E-state index contributed by atoms with van der Waals surface area (Å²) in [5.41, 5.74) is 0.578. The maximum atomic E-state index is 12.9. The lowest BCUT2D eigenvalue weighted by Crippen LogP contribution is -1.94. The Morgan fingerprint density at radius 3 is 2.93 bits per heavy atom. The molecule has 0 aliphatic rings. The minimum absolute atomic E-state index is 0.482. The highest BCUT2D eigenvalue weighted by molar-refractivity contribution is 5.84. The summed E-state index contributed by atoms with van der Waals surface area (Å²) in [6, 6.07) is 8.58. The molecular weight excluding hydrogens is 181 g/mol. The quantitative estimate of drug-likeness (QED) is 0.681. The first-order valence-electron chi connectivity index (χ1n) is 4.49. The Balaban J connectivity index is 2.64. The Bertz CT molecular complexity index is 456. The molecule has 0 unspecified atom stereocenters. The maximum absolute atomic E-state index is 12.9. The van der Waals surface area contributed by atoms with E-state index < -0.39 is 5.95 Å². The smallest absolute Gasteiger partial charge is 0.213 e. The number of pyridine rings is 1. The summed E-state index contributed by atoms with van der Waals surface area (Å²) >= 11 is 0. The molecule has 1 heterocycles. The van der Waals surface area contributed by atoms with Crippen LogP contribution in [-0.4, -0.2) is 11.6 Å². The van der Waals surface area contributed by atoms with E-state index in [1.165, 1.54) is 6.07 Å². The van der Waals surface area contributed by atoms with Gasteiger partial charge in [0.05, 0.1) is 6.61 Å². The first kappa shape index (κ1) is 8.94. The Kier molecular flexibility index (Phi) is 2.31.